The molecular weight excluding hydrogens is 314 g/mol. The molecule has 5 heteroatoms. The minimum Gasteiger partial charge on any atom is -0.497 e. The number of furan rings is 1. The minimum atomic E-state index is 0.0400. The van der Waals surface area contributed by atoms with Crippen molar-refractivity contribution < 1.29 is 9.15 Å². The third-order valence-electron chi connectivity index (χ3n) is 4.18. The van der Waals surface area contributed by atoms with Gasteiger partial charge in [-0.3, -0.25) is 5.01 Å². The molecule has 1 unspecified atom stereocenters. The van der Waals surface area contributed by atoms with Crippen molar-refractivity contribution in [3.8, 4) is 5.75 Å². The summed E-state index contributed by atoms with van der Waals surface area (Å²) in [7, 11) is 1.66. The molecule has 1 aliphatic heterocycles. The predicted octanol–water partition coefficient (Wildman–Crippen LogP) is 4.67. The summed E-state index contributed by atoms with van der Waals surface area (Å²) < 4.78 is 10.8. The number of benzene rings is 2. The number of ether oxygens (including phenoxy) is 1. The van der Waals surface area contributed by atoms with Crippen molar-refractivity contribution in [3.05, 3.63) is 78.8 Å². The van der Waals surface area contributed by atoms with E-state index in [0.29, 0.717) is 0 Å². The average molecular weight is 333 g/mol. The molecule has 0 fully saturated rings. The Morgan fingerprint density at radius 1 is 1.04 bits per heavy atom. The van der Waals surface area contributed by atoms with E-state index in [2.05, 4.69) is 17.4 Å². The van der Waals surface area contributed by atoms with Crippen molar-refractivity contribution in [1.29, 1.82) is 0 Å². The van der Waals surface area contributed by atoms with Crippen LogP contribution in [0.15, 0.2) is 82.5 Å². The topological polar surface area (TPSA) is 50.0 Å². The van der Waals surface area contributed by atoms with Crippen LogP contribution >= 0.6 is 0 Å². The second kappa shape index (κ2) is 6.73. The lowest BCUT2D eigenvalue weighted by molar-refractivity contribution is 0.415. The number of hydrazone groups is 1. The number of nitrogens with zero attached hydrogens (tertiary/aromatic N) is 2. The summed E-state index contributed by atoms with van der Waals surface area (Å²) in [5.74, 6) is 2.63. The molecule has 1 aliphatic rings. The number of para-hydroxylation sites is 1. The number of rotatable bonds is 4. The van der Waals surface area contributed by atoms with Crippen molar-refractivity contribution >= 4 is 17.2 Å². The highest BCUT2D eigenvalue weighted by molar-refractivity contribution is 5.98. The Morgan fingerprint density at radius 2 is 1.84 bits per heavy atom. The standard InChI is InChI=1S/C20H19N3O2/c1-24-17-11-9-15(10-12-17)21-20-14-18(19-8-5-13-25-19)23(22-20)16-6-3-2-4-7-16/h2-13,18H,14H2,1H3,(H,21,22). The molecule has 0 bridgehead atoms. The van der Waals surface area contributed by atoms with Gasteiger partial charge in [0.15, 0.2) is 0 Å². The van der Waals surface area contributed by atoms with Gasteiger partial charge in [0.05, 0.1) is 19.1 Å². The van der Waals surface area contributed by atoms with E-state index in [0.717, 1.165) is 35.1 Å². The highest BCUT2D eigenvalue weighted by atomic mass is 16.5. The van der Waals surface area contributed by atoms with E-state index in [4.69, 9.17) is 14.3 Å². The molecule has 4 rings (SSSR count). The van der Waals surface area contributed by atoms with E-state index >= 15 is 0 Å². The molecule has 2 heterocycles. The van der Waals surface area contributed by atoms with Crippen molar-refractivity contribution in [2.45, 2.75) is 12.5 Å². The van der Waals surface area contributed by atoms with E-state index in [9.17, 15) is 0 Å². The van der Waals surface area contributed by atoms with Crippen LogP contribution in [0.2, 0.25) is 0 Å². The molecule has 0 aliphatic carbocycles. The molecule has 3 aromatic rings. The summed E-state index contributed by atoms with van der Waals surface area (Å²) in [6.45, 7) is 0. The zero-order chi connectivity index (χ0) is 17.1. The summed E-state index contributed by atoms with van der Waals surface area (Å²) in [6, 6.07) is 21.9. The third-order valence-corrected chi connectivity index (χ3v) is 4.18. The maximum absolute atomic E-state index is 5.64. The second-order valence-corrected chi connectivity index (χ2v) is 5.82. The van der Waals surface area contributed by atoms with Gasteiger partial charge in [0.2, 0.25) is 0 Å². The zero-order valence-electron chi connectivity index (χ0n) is 13.9. The summed E-state index contributed by atoms with van der Waals surface area (Å²) >= 11 is 0. The minimum absolute atomic E-state index is 0.0400. The quantitative estimate of drug-likeness (QED) is 0.754. The molecule has 1 atom stereocenters. The van der Waals surface area contributed by atoms with Gasteiger partial charge < -0.3 is 14.5 Å². The molecule has 0 spiro atoms. The van der Waals surface area contributed by atoms with Crippen LogP contribution in [0.25, 0.3) is 0 Å². The summed E-state index contributed by atoms with van der Waals surface area (Å²) in [4.78, 5) is 0. The van der Waals surface area contributed by atoms with Crippen molar-refractivity contribution in [2.24, 2.45) is 5.10 Å². The average Bonchev–Trinajstić information content (AvgIpc) is 3.33. The fraction of sp³-hybridized carbons (Fsp3) is 0.150. The monoisotopic (exact) mass is 333 g/mol. The summed E-state index contributed by atoms with van der Waals surface area (Å²) in [5.41, 5.74) is 2.02. The lowest BCUT2D eigenvalue weighted by atomic mass is 10.1. The van der Waals surface area contributed by atoms with Gasteiger partial charge >= 0.3 is 0 Å². The number of hydrogen-bond acceptors (Lipinski definition) is 5. The van der Waals surface area contributed by atoms with E-state index < -0.39 is 0 Å². The van der Waals surface area contributed by atoms with Crippen LogP contribution in [0, 0.1) is 0 Å². The fourth-order valence-electron chi connectivity index (χ4n) is 2.95. The molecule has 0 saturated heterocycles. The summed E-state index contributed by atoms with van der Waals surface area (Å²) in [5, 5.41) is 10.2. The second-order valence-electron chi connectivity index (χ2n) is 5.82. The Hall–Kier alpha value is -3.21. The fourth-order valence-corrected chi connectivity index (χ4v) is 2.95. The molecule has 2 aromatic carbocycles. The lowest BCUT2D eigenvalue weighted by Gasteiger charge is -2.21. The van der Waals surface area contributed by atoms with E-state index in [1.165, 1.54) is 0 Å². The first kappa shape index (κ1) is 15.3. The number of methoxy groups -OCH3 is 1. The van der Waals surface area contributed by atoms with Crippen molar-refractivity contribution in [2.75, 3.05) is 17.4 Å². The predicted molar refractivity (Wildman–Crippen MR) is 99.0 cm³/mol. The number of amidine groups is 1. The Kier molecular flexibility index (Phi) is 4.12. The SMILES string of the molecule is COc1ccc(NC2=NN(c3ccccc3)C(c3ccco3)C2)cc1. The normalized spacial score (nSPS) is 16.6. The molecule has 0 amide bonds. The zero-order valence-corrected chi connectivity index (χ0v) is 13.9. The number of nitrogens with one attached hydrogen (secondary N) is 1. The van der Waals surface area contributed by atoms with Gasteiger partial charge in [0.1, 0.15) is 23.4 Å². The number of anilines is 2. The first-order valence-corrected chi connectivity index (χ1v) is 8.20. The molecule has 5 nitrogen and oxygen atoms in total. The molecular formula is C20H19N3O2. The van der Waals surface area contributed by atoms with Crippen LogP contribution in [0.1, 0.15) is 18.2 Å². The van der Waals surface area contributed by atoms with Gasteiger partial charge in [-0.05, 0) is 48.5 Å². The molecule has 126 valence electrons. The van der Waals surface area contributed by atoms with Gasteiger partial charge in [0, 0.05) is 12.1 Å². The van der Waals surface area contributed by atoms with Crippen LogP contribution in [-0.2, 0) is 0 Å². The maximum Gasteiger partial charge on any atom is 0.129 e. The Labute approximate surface area is 146 Å². The Balaban J connectivity index is 1.60. The van der Waals surface area contributed by atoms with Gasteiger partial charge in [-0.1, -0.05) is 18.2 Å². The maximum atomic E-state index is 5.64. The first-order valence-electron chi connectivity index (χ1n) is 8.20. The molecule has 0 saturated carbocycles. The highest BCUT2D eigenvalue weighted by Crippen LogP contribution is 2.35. The van der Waals surface area contributed by atoms with Crippen LogP contribution in [-0.4, -0.2) is 12.9 Å². The van der Waals surface area contributed by atoms with Crippen molar-refractivity contribution in [1.82, 2.24) is 0 Å². The highest BCUT2D eigenvalue weighted by Gasteiger charge is 2.31. The van der Waals surface area contributed by atoms with Crippen LogP contribution in [0.3, 0.4) is 0 Å². The largest absolute Gasteiger partial charge is 0.497 e. The van der Waals surface area contributed by atoms with Gasteiger partial charge in [0.25, 0.3) is 0 Å². The molecule has 25 heavy (non-hydrogen) atoms. The smallest absolute Gasteiger partial charge is 0.129 e. The Morgan fingerprint density at radius 3 is 2.52 bits per heavy atom. The van der Waals surface area contributed by atoms with Gasteiger partial charge in [-0.15, -0.1) is 0 Å². The number of hydrogen-bond donors (Lipinski definition) is 1. The van der Waals surface area contributed by atoms with Gasteiger partial charge in [-0.2, -0.15) is 5.10 Å². The first-order chi connectivity index (χ1) is 12.3. The lowest BCUT2D eigenvalue weighted by Crippen LogP contribution is -2.17. The van der Waals surface area contributed by atoms with E-state index in [-0.39, 0.29) is 6.04 Å². The van der Waals surface area contributed by atoms with E-state index in [1.807, 2.05) is 59.6 Å². The molecule has 1 aromatic heterocycles. The van der Waals surface area contributed by atoms with Gasteiger partial charge in [-0.25, -0.2) is 0 Å². The molecule has 0 radical (unpaired) electrons. The summed E-state index contributed by atoms with van der Waals surface area (Å²) in [6.07, 6.45) is 2.45. The third kappa shape index (κ3) is 3.21. The Bertz CT molecular complexity index is 842. The van der Waals surface area contributed by atoms with Crippen LogP contribution in [0.4, 0.5) is 11.4 Å². The van der Waals surface area contributed by atoms with Crippen molar-refractivity contribution in [3.63, 3.8) is 0 Å². The van der Waals surface area contributed by atoms with Crippen LogP contribution < -0.4 is 15.1 Å². The molecule has 1 N–H and O–H groups in total. The van der Waals surface area contributed by atoms with E-state index in [1.54, 1.807) is 13.4 Å². The van der Waals surface area contributed by atoms with Crippen LogP contribution in [0.5, 0.6) is 5.75 Å².